The molecule has 3 aromatic rings. The van der Waals surface area contributed by atoms with Crippen LogP contribution in [-0.2, 0) is 16.1 Å². The largest absolute Gasteiger partial charge is 0.288 e. The van der Waals surface area contributed by atoms with Crippen molar-refractivity contribution < 1.29 is 9.59 Å². The van der Waals surface area contributed by atoms with Crippen LogP contribution in [0.3, 0.4) is 0 Å². The minimum Gasteiger partial charge on any atom is -0.288 e. The van der Waals surface area contributed by atoms with E-state index in [1.165, 1.54) is 23.8 Å². The van der Waals surface area contributed by atoms with Crippen molar-refractivity contribution in [2.75, 3.05) is 10.7 Å². The van der Waals surface area contributed by atoms with Crippen LogP contribution in [0.2, 0.25) is 0 Å². The van der Waals surface area contributed by atoms with E-state index in [2.05, 4.69) is 18.0 Å². The van der Waals surface area contributed by atoms with Crippen LogP contribution in [0, 0.1) is 13.8 Å². The zero-order valence-corrected chi connectivity index (χ0v) is 16.5. The van der Waals surface area contributed by atoms with Gasteiger partial charge in [0.25, 0.3) is 0 Å². The molecule has 26 heavy (non-hydrogen) atoms. The molecule has 134 valence electrons. The van der Waals surface area contributed by atoms with E-state index in [1.807, 2.05) is 25.1 Å². The average molecular weight is 386 g/mol. The summed E-state index contributed by atoms with van der Waals surface area (Å²) in [4.78, 5) is 34.5. The number of nitrogens with zero attached hydrogens (tertiary/aromatic N) is 3. The van der Waals surface area contributed by atoms with Crippen LogP contribution < -0.4 is 4.90 Å². The van der Waals surface area contributed by atoms with E-state index in [0.717, 1.165) is 33.1 Å². The monoisotopic (exact) mass is 385 g/mol. The minimum absolute atomic E-state index is 0.0737. The topological polar surface area (TPSA) is 63.2 Å². The summed E-state index contributed by atoms with van der Waals surface area (Å²) in [6.45, 7) is 5.94. The van der Waals surface area contributed by atoms with Crippen LogP contribution in [0.15, 0.2) is 36.7 Å². The highest BCUT2D eigenvalue weighted by molar-refractivity contribution is 8.14. The molecule has 0 aliphatic heterocycles. The molecule has 1 aromatic carbocycles. The molecular formula is C19H19N3O2S2. The second-order valence-corrected chi connectivity index (χ2v) is 8.13. The van der Waals surface area contributed by atoms with E-state index in [0.29, 0.717) is 11.7 Å². The zero-order valence-electron chi connectivity index (χ0n) is 14.9. The molecule has 2 aromatic heterocycles. The number of aryl methyl sites for hydroxylation is 2. The van der Waals surface area contributed by atoms with Crippen molar-refractivity contribution in [2.24, 2.45) is 0 Å². The Hall–Kier alpha value is -2.25. The highest BCUT2D eigenvalue weighted by Crippen LogP contribution is 2.33. The first-order valence-corrected chi connectivity index (χ1v) is 9.95. The number of hydrogen-bond acceptors (Lipinski definition) is 6. The molecule has 0 saturated heterocycles. The maximum Gasteiger partial charge on any atom is 0.239 e. The van der Waals surface area contributed by atoms with Gasteiger partial charge >= 0.3 is 0 Å². The summed E-state index contributed by atoms with van der Waals surface area (Å²) in [5, 5.41) is 0.571. The van der Waals surface area contributed by atoms with Gasteiger partial charge in [-0.15, -0.1) is 0 Å². The number of aromatic nitrogens is 2. The lowest BCUT2D eigenvalue weighted by molar-refractivity contribution is -0.116. The second-order valence-electron chi connectivity index (χ2n) is 5.97. The standard InChI is InChI=1S/C19H19N3O2S2/c1-12-6-7-16-18(13(12)2)21-19(26-16)22(17(24)11-25-14(3)23)10-15-5-4-8-20-9-15/h4-9H,10-11H2,1-3H3. The SMILES string of the molecule is CC(=O)SCC(=O)N(Cc1cccnc1)c1nc2c(C)c(C)ccc2s1. The van der Waals surface area contributed by atoms with Gasteiger partial charge < -0.3 is 0 Å². The fraction of sp³-hybridized carbons (Fsp3) is 0.263. The van der Waals surface area contributed by atoms with E-state index < -0.39 is 0 Å². The molecule has 0 atom stereocenters. The third kappa shape index (κ3) is 4.11. The molecule has 2 heterocycles. The van der Waals surface area contributed by atoms with Crippen molar-refractivity contribution in [2.45, 2.75) is 27.3 Å². The first-order chi connectivity index (χ1) is 12.5. The van der Waals surface area contributed by atoms with Gasteiger partial charge in [0.1, 0.15) is 0 Å². The van der Waals surface area contributed by atoms with E-state index in [1.54, 1.807) is 17.3 Å². The van der Waals surface area contributed by atoms with Crippen LogP contribution >= 0.6 is 23.1 Å². The quantitative estimate of drug-likeness (QED) is 0.661. The Morgan fingerprint density at radius 1 is 1.23 bits per heavy atom. The van der Waals surface area contributed by atoms with E-state index in [4.69, 9.17) is 4.98 Å². The molecule has 0 bridgehead atoms. The highest BCUT2D eigenvalue weighted by Gasteiger charge is 2.21. The summed E-state index contributed by atoms with van der Waals surface area (Å²) in [6.07, 6.45) is 3.44. The number of thioether (sulfide) groups is 1. The Morgan fingerprint density at radius 3 is 2.73 bits per heavy atom. The van der Waals surface area contributed by atoms with Crippen LogP contribution in [-0.4, -0.2) is 26.7 Å². The number of pyridine rings is 1. The number of thiazole rings is 1. The normalized spacial score (nSPS) is 10.9. The maximum absolute atomic E-state index is 12.8. The van der Waals surface area contributed by atoms with Gasteiger partial charge in [-0.3, -0.25) is 19.5 Å². The number of anilines is 1. The van der Waals surface area contributed by atoms with Crippen LogP contribution in [0.1, 0.15) is 23.6 Å². The molecule has 0 saturated carbocycles. The van der Waals surface area contributed by atoms with Gasteiger partial charge in [-0.2, -0.15) is 0 Å². The van der Waals surface area contributed by atoms with E-state index in [9.17, 15) is 9.59 Å². The van der Waals surface area contributed by atoms with Crippen LogP contribution in [0.5, 0.6) is 0 Å². The molecule has 0 aliphatic carbocycles. The molecule has 0 spiro atoms. The molecule has 0 aliphatic rings. The summed E-state index contributed by atoms with van der Waals surface area (Å²) < 4.78 is 1.05. The molecule has 5 nitrogen and oxygen atoms in total. The number of benzene rings is 1. The van der Waals surface area contributed by atoms with Crippen molar-refractivity contribution in [3.63, 3.8) is 0 Å². The molecule has 0 fully saturated rings. The Bertz CT molecular complexity index is 954. The van der Waals surface area contributed by atoms with Gasteiger partial charge in [0.15, 0.2) is 10.2 Å². The number of amides is 1. The predicted octanol–water partition coefficient (Wildman–Crippen LogP) is 4.12. The van der Waals surface area contributed by atoms with E-state index >= 15 is 0 Å². The number of carbonyl (C=O) groups is 2. The number of rotatable bonds is 5. The summed E-state index contributed by atoms with van der Waals surface area (Å²) in [7, 11) is 0. The minimum atomic E-state index is -0.137. The summed E-state index contributed by atoms with van der Waals surface area (Å²) in [5.41, 5.74) is 4.14. The van der Waals surface area contributed by atoms with Crippen LogP contribution in [0.4, 0.5) is 5.13 Å². The molecule has 0 unspecified atom stereocenters. The molecule has 7 heteroatoms. The highest BCUT2D eigenvalue weighted by atomic mass is 32.2. The first-order valence-electron chi connectivity index (χ1n) is 8.15. The zero-order chi connectivity index (χ0) is 18.7. The fourth-order valence-electron chi connectivity index (χ4n) is 2.51. The Labute approximate surface area is 160 Å². The predicted molar refractivity (Wildman–Crippen MR) is 108 cm³/mol. The van der Waals surface area contributed by atoms with Gasteiger partial charge in [-0.05, 0) is 42.7 Å². The van der Waals surface area contributed by atoms with Crippen LogP contribution in [0.25, 0.3) is 10.2 Å². The van der Waals surface area contributed by atoms with Crippen molar-refractivity contribution in [3.05, 3.63) is 53.3 Å². The summed E-state index contributed by atoms with van der Waals surface area (Å²) in [5.74, 6) is -0.0359. The van der Waals surface area contributed by atoms with Gasteiger partial charge in [0, 0.05) is 19.3 Å². The van der Waals surface area contributed by atoms with Gasteiger partial charge in [-0.25, -0.2) is 4.98 Å². The van der Waals surface area contributed by atoms with Crippen molar-refractivity contribution in [1.29, 1.82) is 0 Å². The molecule has 0 radical (unpaired) electrons. The summed E-state index contributed by atoms with van der Waals surface area (Å²) in [6, 6.07) is 7.87. The van der Waals surface area contributed by atoms with Crippen molar-refractivity contribution in [3.8, 4) is 0 Å². The average Bonchev–Trinajstić information content (AvgIpc) is 3.06. The Kier molecular flexibility index (Phi) is 5.68. The third-order valence-corrected chi connectivity index (χ3v) is 5.91. The second kappa shape index (κ2) is 7.97. The Balaban J connectivity index is 1.97. The van der Waals surface area contributed by atoms with Crippen molar-refractivity contribution in [1.82, 2.24) is 9.97 Å². The Morgan fingerprint density at radius 2 is 2.04 bits per heavy atom. The fourth-order valence-corrected chi connectivity index (χ4v) is 4.03. The van der Waals surface area contributed by atoms with Crippen molar-refractivity contribution >= 4 is 49.5 Å². The van der Waals surface area contributed by atoms with E-state index in [-0.39, 0.29) is 16.8 Å². The lowest BCUT2D eigenvalue weighted by Crippen LogP contribution is -2.32. The van der Waals surface area contributed by atoms with Gasteiger partial charge in [0.05, 0.1) is 22.5 Å². The molecule has 1 amide bonds. The third-order valence-electron chi connectivity index (χ3n) is 4.07. The molecule has 0 N–H and O–H groups in total. The molecular weight excluding hydrogens is 366 g/mol. The lowest BCUT2D eigenvalue weighted by Gasteiger charge is -2.19. The molecule has 3 rings (SSSR count). The lowest BCUT2D eigenvalue weighted by atomic mass is 10.1. The first kappa shape index (κ1) is 18.5. The maximum atomic E-state index is 12.8. The number of carbonyl (C=O) groups excluding carboxylic acids is 2. The summed E-state index contributed by atoms with van der Waals surface area (Å²) >= 11 is 2.51. The van der Waals surface area contributed by atoms with Gasteiger partial charge in [-0.1, -0.05) is 35.2 Å². The van der Waals surface area contributed by atoms with Gasteiger partial charge in [0.2, 0.25) is 5.91 Å². The number of hydrogen-bond donors (Lipinski definition) is 0. The number of fused-ring (bicyclic) bond motifs is 1. The smallest absolute Gasteiger partial charge is 0.239 e.